The molecule has 0 spiro atoms. The molecule has 0 saturated carbocycles. The number of carbonyl (C=O) groups is 10. The smallest absolute Gasteiger partial charge is 0.303 e. The molecule has 0 aliphatic carbocycles. The molecule has 0 radical (unpaired) electrons. The van der Waals surface area contributed by atoms with Gasteiger partial charge in [0.05, 0.1) is 262 Å². The fourth-order valence-electron chi connectivity index (χ4n) is 14.7. The molecule has 1 unspecified atom stereocenters. The minimum absolute atomic E-state index is 0.0197. The summed E-state index contributed by atoms with van der Waals surface area (Å²) >= 11 is 0. The van der Waals surface area contributed by atoms with Gasteiger partial charge in [-0.1, -0.05) is 21.7 Å². The second-order valence-electron chi connectivity index (χ2n) is 31.5. The molecule has 51 nitrogen and oxygen atoms in total. The number of nitrogens with one attached hydrogen (secondary N) is 4. The number of fused-ring (bicyclic) bond motifs is 4. The van der Waals surface area contributed by atoms with Gasteiger partial charge in [0.1, 0.15) is 40.8 Å². The van der Waals surface area contributed by atoms with Crippen molar-refractivity contribution in [2.24, 2.45) is 0 Å². The van der Waals surface area contributed by atoms with Gasteiger partial charge in [0.2, 0.25) is 23.6 Å². The van der Waals surface area contributed by atoms with Gasteiger partial charge in [-0.05, 0) is 6.42 Å². The number of aromatic nitrogens is 9. The number of ether oxygens (including phenoxy) is 26. The van der Waals surface area contributed by atoms with Crippen molar-refractivity contribution in [2.75, 3.05) is 205 Å². The van der Waals surface area contributed by atoms with E-state index in [0.29, 0.717) is 36.7 Å². The Morgan fingerprint density at radius 3 is 1.04 bits per heavy atom. The lowest BCUT2D eigenvalue weighted by molar-refractivity contribution is -0.267. The molecule has 4 amide bonds. The number of rotatable bonds is 69. The molecule has 8 rings (SSSR count). The second kappa shape index (κ2) is 57.8. The topological polar surface area (TPSA) is 591 Å². The lowest BCUT2D eigenvalue weighted by Gasteiger charge is -2.50. The average Bonchev–Trinajstić information content (AvgIpc) is 1.57. The minimum Gasteiger partial charge on any atom is -0.456 e. The lowest BCUT2D eigenvalue weighted by atomic mass is 9.83. The SMILES string of the molecule is C=C[C@H]1O[C@](CO)(COCCOCCOCCOCCn2cc(COCC(COCc3cn(CCOCCOCCOCCOC[C@@]45CO[C@H](O4)[C@H](NC(C)=O)[C@@H](OC(C)=O)[C@H]5OC(C)=O)nn3)(COCc3cn(CCOCCOCCOCCOC[C@@]45CO[C@@H](O4)[C@H](NC(C)=O)[C@@H](OC(C)=O)[C@H]5OC(C)=O)nn3)NC(=O)CCCO)nn2)[C@H](OC(C)=O)[C@H](OC(C)=O)[C@H]1NC(C)=O. The number of aliphatic hydroxyl groups is 2. The van der Waals surface area contributed by atoms with E-state index in [1.54, 1.807) is 32.6 Å². The number of esters is 6. The third kappa shape index (κ3) is 36.9. The summed E-state index contributed by atoms with van der Waals surface area (Å²) < 4.78 is 156. The number of nitrogens with zero attached hydrogens (tertiary/aromatic N) is 9. The van der Waals surface area contributed by atoms with Gasteiger partial charge < -0.3 is 155 Å². The molecule has 3 aromatic heterocycles. The van der Waals surface area contributed by atoms with E-state index in [2.05, 4.69) is 58.8 Å². The van der Waals surface area contributed by atoms with Crippen molar-refractivity contribution in [1.82, 2.24) is 66.2 Å². The molecular formula is C82H129N13O38. The van der Waals surface area contributed by atoms with Crippen LogP contribution in [0.5, 0.6) is 0 Å². The maximum atomic E-state index is 13.7. The van der Waals surface area contributed by atoms with Gasteiger partial charge in [-0.3, -0.25) is 47.9 Å². The van der Waals surface area contributed by atoms with E-state index in [9.17, 15) is 58.2 Å². The van der Waals surface area contributed by atoms with Crippen molar-refractivity contribution in [3.05, 3.63) is 48.3 Å². The van der Waals surface area contributed by atoms with Gasteiger partial charge >= 0.3 is 35.8 Å². The summed E-state index contributed by atoms with van der Waals surface area (Å²) in [5.74, 6) is -5.88. The van der Waals surface area contributed by atoms with E-state index in [4.69, 9.17) is 123 Å². The number of hydrogen-bond acceptors (Lipinski definition) is 44. The Morgan fingerprint density at radius 2 is 0.722 bits per heavy atom. The van der Waals surface area contributed by atoms with Crippen LogP contribution in [0.2, 0.25) is 0 Å². The number of hydrogen-bond donors (Lipinski definition) is 6. The zero-order valence-corrected chi connectivity index (χ0v) is 76.6. The van der Waals surface area contributed by atoms with Crippen LogP contribution < -0.4 is 21.3 Å². The Morgan fingerprint density at radius 1 is 0.414 bits per heavy atom. The molecule has 0 aromatic carbocycles. The molecule has 5 saturated heterocycles. The van der Waals surface area contributed by atoms with Crippen LogP contribution >= 0.6 is 0 Å². The molecule has 4 bridgehead atoms. The van der Waals surface area contributed by atoms with E-state index in [-0.39, 0.29) is 231 Å². The van der Waals surface area contributed by atoms with Gasteiger partial charge in [0, 0.05) is 75.3 Å². The van der Waals surface area contributed by atoms with Gasteiger partial charge in [0.15, 0.2) is 66.0 Å². The normalized spacial score (nSPS) is 24.5. The van der Waals surface area contributed by atoms with Crippen molar-refractivity contribution in [3.63, 3.8) is 0 Å². The molecule has 133 heavy (non-hydrogen) atoms. The Bertz CT molecular complexity index is 3900. The molecule has 8 heterocycles. The fraction of sp³-hybridized carbons (Fsp3) is 0.780. The molecule has 16 atom stereocenters. The van der Waals surface area contributed by atoms with Crippen molar-refractivity contribution in [1.29, 1.82) is 0 Å². The van der Waals surface area contributed by atoms with Crippen LogP contribution in [0.3, 0.4) is 0 Å². The summed E-state index contributed by atoms with van der Waals surface area (Å²) in [5.41, 5.74) is -4.36. The Balaban J connectivity index is 0.747. The summed E-state index contributed by atoms with van der Waals surface area (Å²) in [4.78, 5) is 123. The first-order valence-corrected chi connectivity index (χ1v) is 43.6. The predicted octanol–water partition coefficient (Wildman–Crippen LogP) is -4.09. The highest BCUT2D eigenvalue weighted by atomic mass is 16.8. The van der Waals surface area contributed by atoms with Crippen LogP contribution in [-0.2, 0) is 211 Å². The minimum atomic E-state index is -1.72. The standard InChI is InChI=1S/C82H129N13O38/c1-11-66-68(83-54(2)98)71(125-57(5)101)74(128-60(8)104)80(45-97,131-66)49-117-36-33-114-30-27-111-24-21-108-18-14-93-39-63(87-90-93)42-120-46-79(86-67(107)13-12-17-96,47-121-43-64-40-94(91-88-64)15-19-109-22-25-112-28-31-115-34-37-118-50-81-52-123-77(132-81)69(84-55(3)99)72(126-58(6)102)75(81)129-61(9)105)48-122-44-65-41-95(92-89-65)16-20-110-23-26-113-29-32-116-35-38-119-51-82-53-124-78(133-82)70(85-56(4)100)73(127-59(7)103)76(82)130-62(10)106/h11,39-41,66,68-78,96-97H,1,12-38,42-53H2,2-10H3,(H,83,98)(H,84,99)(H,85,100)(H,86,107)/t66-,68+,69-,70-,71-,72-,73-,74-,75-,76-,77-,78+,79?,80-,81+,82+/m1/s1. The summed E-state index contributed by atoms with van der Waals surface area (Å²) in [6.07, 6.45) is -3.57. The molecule has 5 fully saturated rings. The second-order valence-corrected chi connectivity index (χ2v) is 31.5. The van der Waals surface area contributed by atoms with E-state index in [1.165, 1.54) is 54.5 Å². The van der Waals surface area contributed by atoms with Crippen LogP contribution in [0.1, 0.15) is 92.2 Å². The Hall–Kier alpha value is -9.02. The van der Waals surface area contributed by atoms with Gasteiger partial charge in [-0.2, -0.15) is 0 Å². The number of carbonyl (C=O) groups excluding carboxylic acids is 10. The predicted molar refractivity (Wildman–Crippen MR) is 444 cm³/mol. The van der Waals surface area contributed by atoms with Gasteiger partial charge in [-0.25, -0.2) is 14.0 Å². The van der Waals surface area contributed by atoms with Gasteiger partial charge in [0.25, 0.3) is 0 Å². The van der Waals surface area contributed by atoms with E-state index < -0.39 is 162 Å². The monoisotopic (exact) mass is 1900 g/mol. The number of aliphatic hydroxyl groups excluding tert-OH is 2. The highest BCUT2D eigenvalue weighted by Crippen LogP contribution is 2.43. The molecule has 3 aromatic rings. The number of amides is 4. The maximum Gasteiger partial charge on any atom is 0.303 e. The van der Waals surface area contributed by atoms with Crippen molar-refractivity contribution in [2.45, 2.75) is 210 Å². The van der Waals surface area contributed by atoms with E-state index in [1.807, 2.05) is 0 Å². The third-order valence-electron chi connectivity index (χ3n) is 20.3. The highest BCUT2D eigenvalue weighted by Gasteiger charge is 2.66. The van der Waals surface area contributed by atoms with E-state index in [0.717, 1.165) is 13.8 Å². The largest absolute Gasteiger partial charge is 0.456 e. The summed E-state index contributed by atoms with van der Waals surface area (Å²) in [6.45, 7) is 17.9. The molecule has 51 heteroatoms. The van der Waals surface area contributed by atoms with Crippen LogP contribution in [0.4, 0.5) is 0 Å². The first-order chi connectivity index (χ1) is 64.0. The van der Waals surface area contributed by atoms with Crippen LogP contribution in [0.25, 0.3) is 0 Å². The van der Waals surface area contributed by atoms with Crippen molar-refractivity contribution < 1.29 is 181 Å². The lowest BCUT2D eigenvalue weighted by Crippen LogP contribution is -2.72. The van der Waals surface area contributed by atoms with Crippen molar-refractivity contribution >= 4 is 59.4 Å². The van der Waals surface area contributed by atoms with E-state index >= 15 is 0 Å². The Kier molecular flexibility index (Phi) is 47.5. The molecule has 5 aliphatic rings. The zero-order valence-electron chi connectivity index (χ0n) is 76.6. The summed E-state index contributed by atoms with van der Waals surface area (Å²) in [7, 11) is 0. The highest BCUT2D eigenvalue weighted by molar-refractivity contribution is 5.77. The quantitative estimate of drug-likeness (QED) is 0.0135. The summed E-state index contributed by atoms with van der Waals surface area (Å²) in [6, 6.07) is -2.89. The first kappa shape index (κ1) is 109. The van der Waals surface area contributed by atoms with Crippen LogP contribution in [0, 0.1) is 0 Å². The average molecular weight is 1900 g/mol. The Labute approximate surface area is 767 Å². The van der Waals surface area contributed by atoms with Gasteiger partial charge in [-0.15, -0.1) is 21.9 Å². The third-order valence-corrected chi connectivity index (χ3v) is 20.3. The van der Waals surface area contributed by atoms with Crippen LogP contribution in [0.15, 0.2) is 31.2 Å². The van der Waals surface area contributed by atoms with Crippen LogP contribution in [-0.4, -0.2) is 415 Å². The fourth-order valence-corrected chi connectivity index (χ4v) is 14.7. The molecular weight excluding hydrogens is 1770 g/mol. The molecule has 6 N–H and O–H groups in total. The molecule has 5 aliphatic heterocycles. The maximum absolute atomic E-state index is 13.7. The summed E-state index contributed by atoms with van der Waals surface area (Å²) in [5, 5.41) is 56.9. The van der Waals surface area contributed by atoms with Crippen molar-refractivity contribution in [3.8, 4) is 0 Å². The zero-order chi connectivity index (χ0) is 96.0. The molecule has 750 valence electrons. The first-order valence-electron chi connectivity index (χ1n) is 43.6.